The molecule has 0 aliphatic carbocycles. The molecular weight excluding hydrogens is 471 g/mol. The van der Waals surface area contributed by atoms with Gasteiger partial charge in [-0.25, -0.2) is 5.43 Å². The number of hydrogen-bond acceptors (Lipinski definition) is 3. The van der Waals surface area contributed by atoms with Crippen molar-refractivity contribution < 1.29 is 9.53 Å². The van der Waals surface area contributed by atoms with Crippen LogP contribution in [0.5, 0.6) is 5.75 Å². The van der Waals surface area contributed by atoms with Gasteiger partial charge in [0.05, 0.1) is 12.8 Å². The molecule has 0 saturated heterocycles. The van der Waals surface area contributed by atoms with E-state index >= 15 is 0 Å². The first kappa shape index (κ1) is 17.9. The lowest BCUT2D eigenvalue weighted by molar-refractivity contribution is 0.0955. The highest BCUT2D eigenvalue weighted by Crippen LogP contribution is 2.22. The van der Waals surface area contributed by atoms with Gasteiger partial charge in [0.1, 0.15) is 5.75 Å². The molecule has 0 spiro atoms. The molecule has 0 radical (unpaired) electrons. The number of hydrogen-bond donors (Lipinski definition) is 1. The Labute approximate surface area is 157 Å². The fraction of sp³-hybridized carbons (Fsp3) is 0.176. The Morgan fingerprint density at radius 1 is 1.35 bits per heavy atom. The monoisotopic (exact) mass is 486 g/mol. The van der Waals surface area contributed by atoms with E-state index in [1.54, 1.807) is 18.3 Å². The normalized spacial score (nSPS) is 10.7. The fourth-order valence-electron chi connectivity index (χ4n) is 1.82. The van der Waals surface area contributed by atoms with Crippen LogP contribution in [0, 0.1) is 3.57 Å². The molecule has 0 unspecified atom stereocenters. The average molecular weight is 487 g/mol. The van der Waals surface area contributed by atoms with Gasteiger partial charge in [-0.2, -0.15) is 5.10 Å². The second-order valence-corrected chi connectivity index (χ2v) is 6.90. The maximum atomic E-state index is 12.0. The number of hydrazone groups is 1. The number of nitrogens with one attached hydrogen (secondary N) is 1. The topological polar surface area (TPSA) is 50.7 Å². The van der Waals surface area contributed by atoms with Gasteiger partial charge in [0, 0.05) is 19.2 Å². The average Bonchev–Trinajstić information content (AvgIpc) is 2.54. The zero-order valence-electron chi connectivity index (χ0n) is 12.6. The Hall–Kier alpha value is -1.41. The summed E-state index contributed by atoms with van der Waals surface area (Å²) in [6.07, 6.45) is 2.51. The van der Waals surface area contributed by atoms with Crippen LogP contribution in [0.4, 0.5) is 0 Å². The van der Waals surface area contributed by atoms with E-state index in [9.17, 15) is 4.79 Å². The Kier molecular flexibility index (Phi) is 7.04. The molecule has 2 rings (SSSR count). The first-order valence-electron chi connectivity index (χ1n) is 7.11. The number of ether oxygens (including phenoxy) is 1. The van der Waals surface area contributed by atoms with Crippen molar-refractivity contribution in [2.75, 3.05) is 6.61 Å². The second kappa shape index (κ2) is 9.02. The molecule has 120 valence electrons. The van der Waals surface area contributed by atoms with E-state index in [1.807, 2.05) is 37.3 Å². The Bertz CT molecular complexity index is 719. The van der Waals surface area contributed by atoms with Crippen molar-refractivity contribution >= 4 is 50.6 Å². The third-order valence-corrected chi connectivity index (χ3v) is 4.05. The molecule has 0 aliphatic heterocycles. The summed E-state index contributed by atoms with van der Waals surface area (Å²) in [5.41, 5.74) is 3.91. The van der Waals surface area contributed by atoms with Gasteiger partial charge in [0.15, 0.2) is 0 Å². The van der Waals surface area contributed by atoms with Crippen molar-refractivity contribution in [2.45, 2.75) is 13.3 Å². The lowest BCUT2D eigenvalue weighted by atomic mass is 10.2. The SMILES string of the molecule is CCCOc1ccc(Br)cc1C=NNC(=O)c1cccc(I)c1. The molecular formula is C17H16BrIN2O2. The molecule has 0 atom stereocenters. The third-order valence-electron chi connectivity index (χ3n) is 2.89. The predicted molar refractivity (Wildman–Crippen MR) is 104 cm³/mol. The van der Waals surface area contributed by atoms with Crippen molar-refractivity contribution in [1.82, 2.24) is 5.43 Å². The zero-order valence-corrected chi connectivity index (χ0v) is 16.3. The van der Waals surface area contributed by atoms with Crippen LogP contribution in [0.25, 0.3) is 0 Å². The maximum Gasteiger partial charge on any atom is 0.271 e. The first-order chi connectivity index (χ1) is 11.1. The molecule has 2 aromatic rings. The first-order valence-corrected chi connectivity index (χ1v) is 8.98. The summed E-state index contributed by atoms with van der Waals surface area (Å²) in [6, 6.07) is 13.0. The molecule has 0 aliphatic rings. The summed E-state index contributed by atoms with van der Waals surface area (Å²) < 4.78 is 7.60. The van der Waals surface area contributed by atoms with E-state index in [1.165, 1.54) is 0 Å². The standard InChI is InChI=1S/C17H16BrIN2O2/c1-2-8-23-16-7-6-14(18)9-13(16)11-20-21-17(22)12-4-3-5-15(19)10-12/h3-7,9-11H,2,8H2,1H3,(H,21,22). The highest BCUT2D eigenvalue weighted by atomic mass is 127. The van der Waals surface area contributed by atoms with Gasteiger partial charge in [-0.3, -0.25) is 4.79 Å². The maximum absolute atomic E-state index is 12.0. The molecule has 23 heavy (non-hydrogen) atoms. The van der Waals surface area contributed by atoms with Crippen LogP contribution in [-0.2, 0) is 0 Å². The van der Waals surface area contributed by atoms with Crippen LogP contribution in [-0.4, -0.2) is 18.7 Å². The predicted octanol–water partition coefficient (Wildman–Crippen LogP) is 4.61. The van der Waals surface area contributed by atoms with Gasteiger partial charge in [-0.05, 0) is 65.4 Å². The number of halogens is 2. The highest BCUT2D eigenvalue weighted by molar-refractivity contribution is 14.1. The third kappa shape index (κ3) is 5.62. The lowest BCUT2D eigenvalue weighted by Crippen LogP contribution is -2.17. The van der Waals surface area contributed by atoms with Gasteiger partial charge in [-0.15, -0.1) is 0 Å². The molecule has 0 saturated carbocycles. The number of amides is 1. The van der Waals surface area contributed by atoms with E-state index in [0.29, 0.717) is 12.2 Å². The van der Waals surface area contributed by atoms with Crippen LogP contribution in [0.3, 0.4) is 0 Å². The zero-order chi connectivity index (χ0) is 16.7. The number of carbonyl (C=O) groups excluding carboxylic acids is 1. The second-order valence-electron chi connectivity index (χ2n) is 4.74. The summed E-state index contributed by atoms with van der Waals surface area (Å²) in [5.74, 6) is 0.494. The van der Waals surface area contributed by atoms with E-state index in [2.05, 4.69) is 49.0 Å². The van der Waals surface area contributed by atoms with Crippen LogP contribution in [0.2, 0.25) is 0 Å². The molecule has 1 amide bonds. The van der Waals surface area contributed by atoms with Crippen LogP contribution >= 0.6 is 38.5 Å². The quantitative estimate of drug-likeness (QED) is 0.368. The molecule has 2 aromatic carbocycles. The molecule has 1 N–H and O–H groups in total. The largest absolute Gasteiger partial charge is 0.493 e. The van der Waals surface area contributed by atoms with Crippen molar-refractivity contribution in [2.24, 2.45) is 5.10 Å². The Balaban J connectivity index is 2.07. The van der Waals surface area contributed by atoms with Gasteiger partial charge < -0.3 is 4.74 Å². The number of carbonyl (C=O) groups is 1. The molecule has 6 heteroatoms. The smallest absolute Gasteiger partial charge is 0.271 e. The summed E-state index contributed by atoms with van der Waals surface area (Å²) in [6.45, 7) is 2.69. The van der Waals surface area contributed by atoms with Crippen LogP contribution in [0.15, 0.2) is 52.0 Å². The van der Waals surface area contributed by atoms with Gasteiger partial charge >= 0.3 is 0 Å². The van der Waals surface area contributed by atoms with Crippen molar-refractivity contribution in [3.63, 3.8) is 0 Å². The number of benzene rings is 2. The molecule has 0 aromatic heterocycles. The molecule has 4 nitrogen and oxygen atoms in total. The van der Waals surface area contributed by atoms with Crippen LogP contribution < -0.4 is 10.2 Å². The summed E-state index contributed by atoms with van der Waals surface area (Å²) in [5, 5.41) is 4.03. The summed E-state index contributed by atoms with van der Waals surface area (Å²) in [7, 11) is 0. The van der Waals surface area contributed by atoms with E-state index in [-0.39, 0.29) is 5.91 Å². The van der Waals surface area contributed by atoms with Gasteiger partial charge in [0.25, 0.3) is 5.91 Å². The van der Waals surface area contributed by atoms with E-state index < -0.39 is 0 Å². The minimum absolute atomic E-state index is 0.245. The Morgan fingerprint density at radius 2 is 2.17 bits per heavy atom. The summed E-state index contributed by atoms with van der Waals surface area (Å²) in [4.78, 5) is 12.0. The molecule has 0 fully saturated rings. The van der Waals surface area contributed by atoms with E-state index in [4.69, 9.17) is 4.74 Å². The Morgan fingerprint density at radius 3 is 2.91 bits per heavy atom. The van der Waals surface area contributed by atoms with Crippen molar-refractivity contribution in [3.8, 4) is 5.75 Å². The fourth-order valence-corrected chi connectivity index (χ4v) is 2.74. The molecule has 0 heterocycles. The minimum Gasteiger partial charge on any atom is -0.493 e. The minimum atomic E-state index is -0.245. The van der Waals surface area contributed by atoms with Gasteiger partial charge in [0.2, 0.25) is 0 Å². The lowest BCUT2D eigenvalue weighted by Gasteiger charge is -2.08. The number of rotatable bonds is 6. The van der Waals surface area contributed by atoms with E-state index in [0.717, 1.165) is 25.8 Å². The van der Waals surface area contributed by atoms with Gasteiger partial charge in [-0.1, -0.05) is 28.9 Å². The van der Waals surface area contributed by atoms with Crippen molar-refractivity contribution in [3.05, 3.63) is 61.6 Å². The molecule has 0 bridgehead atoms. The van der Waals surface area contributed by atoms with Crippen LogP contribution in [0.1, 0.15) is 29.3 Å². The highest BCUT2D eigenvalue weighted by Gasteiger charge is 2.05. The number of nitrogens with zero attached hydrogens (tertiary/aromatic N) is 1. The van der Waals surface area contributed by atoms with Crippen molar-refractivity contribution in [1.29, 1.82) is 0 Å². The summed E-state index contributed by atoms with van der Waals surface area (Å²) >= 11 is 5.59.